The first-order valence-corrected chi connectivity index (χ1v) is 8.14. The maximum absolute atomic E-state index is 12.4. The highest BCUT2D eigenvalue weighted by atomic mass is 16.5. The molecule has 2 amide bonds. The Labute approximate surface area is 137 Å². The molecule has 2 N–H and O–H groups in total. The van der Waals surface area contributed by atoms with Gasteiger partial charge in [0.05, 0.1) is 17.4 Å². The van der Waals surface area contributed by atoms with Gasteiger partial charge < -0.3 is 15.4 Å². The summed E-state index contributed by atoms with van der Waals surface area (Å²) in [4.78, 5) is 24.5. The lowest BCUT2D eigenvalue weighted by atomic mass is 9.92. The summed E-state index contributed by atoms with van der Waals surface area (Å²) in [6.07, 6.45) is 2.52. The number of nitrogens with one attached hydrogen (secondary N) is 2. The van der Waals surface area contributed by atoms with Crippen molar-refractivity contribution < 1.29 is 14.3 Å². The summed E-state index contributed by atoms with van der Waals surface area (Å²) in [5, 5.41) is 5.73. The summed E-state index contributed by atoms with van der Waals surface area (Å²) in [5.41, 5.74) is 0.931. The Morgan fingerprint density at radius 2 is 2.00 bits per heavy atom. The number of anilines is 1. The molecular weight excluding hydrogens is 292 g/mol. The van der Waals surface area contributed by atoms with E-state index in [2.05, 4.69) is 10.6 Å². The molecule has 1 atom stereocenters. The summed E-state index contributed by atoms with van der Waals surface area (Å²) >= 11 is 0. The molecule has 1 aliphatic rings. The Kier molecular flexibility index (Phi) is 5.77. The molecule has 1 fully saturated rings. The quantitative estimate of drug-likeness (QED) is 0.877. The van der Waals surface area contributed by atoms with E-state index in [1.807, 2.05) is 26.8 Å². The van der Waals surface area contributed by atoms with Gasteiger partial charge >= 0.3 is 0 Å². The molecule has 0 aliphatic carbocycles. The molecule has 0 radical (unpaired) electrons. The van der Waals surface area contributed by atoms with Crippen LogP contribution >= 0.6 is 0 Å². The van der Waals surface area contributed by atoms with Crippen molar-refractivity contribution >= 4 is 17.5 Å². The summed E-state index contributed by atoms with van der Waals surface area (Å²) < 4.78 is 5.50. The summed E-state index contributed by atoms with van der Waals surface area (Å²) in [6.45, 7) is 7.29. The Morgan fingerprint density at radius 1 is 1.26 bits per heavy atom. The highest BCUT2D eigenvalue weighted by Gasteiger charge is 2.20. The number of benzene rings is 1. The lowest BCUT2D eigenvalue weighted by Gasteiger charge is -2.18. The zero-order chi connectivity index (χ0) is 16.9. The van der Waals surface area contributed by atoms with Gasteiger partial charge in [-0.15, -0.1) is 0 Å². The van der Waals surface area contributed by atoms with Crippen LogP contribution in [0.2, 0.25) is 0 Å². The maximum Gasteiger partial charge on any atom is 0.253 e. The molecule has 0 bridgehead atoms. The molecule has 126 valence electrons. The molecule has 0 spiro atoms. The van der Waals surface area contributed by atoms with Crippen LogP contribution in [-0.2, 0) is 9.53 Å². The van der Waals surface area contributed by atoms with Crippen molar-refractivity contribution in [3.05, 3.63) is 29.8 Å². The largest absolute Gasteiger partial charge is 0.376 e. The number of carbonyl (C=O) groups is 2. The van der Waals surface area contributed by atoms with Crippen molar-refractivity contribution in [2.24, 2.45) is 5.41 Å². The molecule has 0 unspecified atom stereocenters. The molecule has 23 heavy (non-hydrogen) atoms. The number of rotatable bonds is 5. The summed E-state index contributed by atoms with van der Waals surface area (Å²) in [6, 6.07) is 7.07. The molecule has 5 nitrogen and oxygen atoms in total. The van der Waals surface area contributed by atoms with E-state index < -0.39 is 0 Å². The molecule has 1 saturated heterocycles. The normalized spacial score (nSPS) is 17.8. The second kappa shape index (κ2) is 7.59. The molecule has 2 rings (SSSR count). The van der Waals surface area contributed by atoms with Crippen LogP contribution < -0.4 is 10.6 Å². The monoisotopic (exact) mass is 318 g/mol. The highest BCUT2D eigenvalue weighted by molar-refractivity contribution is 6.03. The fourth-order valence-electron chi connectivity index (χ4n) is 2.57. The van der Waals surface area contributed by atoms with Gasteiger partial charge in [-0.05, 0) is 30.4 Å². The summed E-state index contributed by atoms with van der Waals surface area (Å²) in [7, 11) is 0. The minimum atomic E-state index is -0.188. The molecule has 1 heterocycles. The van der Waals surface area contributed by atoms with Gasteiger partial charge in [0.1, 0.15) is 0 Å². The number of hydrogen-bond donors (Lipinski definition) is 2. The van der Waals surface area contributed by atoms with Gasteiger partial charge in [0.2, 0.25) is 5.91 Å². The van der Waals surface area contributed by atoms with Gasteiger partial charge in [0.15, 0.2) is 0 Å². The Bertz CT molecular complexity index is 558. The van der Waals surface area contributed by atoms with E-state index >= 15 is 0 Å². The van der Waals surface area contributed by atoms with Crippen molar-refractivity contribution in [3.63, 3.8) is 0 Å². The first kappa shape index (κ1) is 17.5. The third-order valence-electron chi connectivity index (χ3n) is 3.65. The van der Waals surface area contributed by atoms with Crippen LogP contribution in [-0.4, -0.2) is 31.1 Å². The Hall–Kier alpha value is -1.88. The van der Waals surface area contributed by atoms with E-state index in [4.69, 9.17) is 4.74 Å². The third-order valence-corrected chi connectivity index (χ3v) is 3.65. The standard InChI is InChI=1S/C18H26N2O3/c1-18(2,3)11-16(21)20-15-9-5-4-8-14(15)17(22)19-12-13-7-6-10-23-13/h4-5,8-9,13H,6-7,10-12H2,1-3H3,(H,19,22)(H,20,21)/t13-/m0/s1. The van der Waals surface area contributed by atoms with E-state index in [0.29, 0.717) is 24.2 Å². The van der Waals surface area contributed by atoms with Gasteiger partial charge in [-0.2, -0.15) is 0 Å². The SMILES string of the molecule is CC(C)(C)CC(=O)Nc1ccccc1C(=O)NC[C@@H]1CCCO1. The van der Waals surface area contributed by atoms with E-state index in [1.54, 1.807) is 18.2 Å². The lowest BCUT2D eigenvalue weighted by Crippen LogP contribution is -2.32. The first-order valence-electron chi connectivity index (χ1n) is 8.14. The van der Waals surface area contributed by atoms with Crippen LogP contribution in [0.3, 0.4) is 0 Å². The van der Waals surface area contributed by atoms with Crippen LogP contribution in [0.1, 0.15) is 50.4 Å². The van der Waals surface area contributed by atoms with Gasteiger partial charge in [0.25, 0.3) is 5.91 Å². The minimum Gasteiger partial charge on any atom is -0.376 e. The van der Waals surface area contributed by atoms with Crippen LogP contribution in [0, 0.1) is 5.41 Å². The lowest BCUT2D eigenvalue weighted by molar-refractivity contribution is -0.117. The smallest absolute Gasteiger partial charge is 0.253 e. The molecule has 1 aliphatic heterocycles. The molecule has 1 aromatic carbocycles. The maximum atomic E-state index is 12.4. The zero-order valence-corrected chi connectivity index (χ0v) is 14.1. The van der Waals surface area contributed by atoms with Gasteiger partial charge in [-0.3, -0.25) is 9.59 Å². The predicted octanol–water partition coefficient (Wildman–Crippen LogP) is 2.97. The second-order valence-electron chi connectivity index (χ2n) is 7.18. The number of carbonyl (C=O) groups excluding carboxylic acids is 2. The predicted molar refractivity (Wildman–Crippen MR) is 90.5 cm³/mol. The molecule has 5 heteroatoms. The highest BCUT2D eigenvalue weighted by Crippen LogP contribution is 2.21. The van der Waals surface area contributed by atoms with Crippen molar-refractivity contribution in [3.8, 4) is 0 Å². The van der Waals surface area contributed by atoms with E-state index in [0.717, 1.165) is 19.4 Å². The zero-order valence-electron chi connectivity index (χ0n) is 14.1. The van der Waals surface area contributed by atoms with Crippen LogP contribution in [0.5, 0.6) is 0 Å². The number of amides is 2. The van der Waals surface area contributed by atoms with Crippen molar-refractivity contribution in [1.29, 1.82) is 0 Å². The number of ether oxygens (including phenoxy) is 1. The van der Waals surface area contributed by atoms with Crippen LogP contribution in [0.4, 0.5) is 5.69 Å². The van der Waals surface area contributed by atoms with E-state index in [9.17, 15) is 9.59 Å². The molecule has 0 saturated carbocycles. The number of para-hydroxylation sites is 1. The van der Waals surface area contributed by atoms with E-state index in [1.165, 1.54) is 0 Å². The van der Waals surface area contributed by atoms with Crippen LogP contribution in [0.15, 0.2) is 24.3 Å². The van der Waals surface area contributed by atoms with Gasteiger partial charge in [-0.1, -0.05) is 32.9 Å². The minimum absolute atomic E-state index is 0.0862. The molecular formula is C18H26N2O3. The average Bonchev–Trinajstić information content (AvgIpc) is 2.96. The van der Waals surface area contributed by atoms with Crippen molar-refractivity contribution in [2.45, 2.75) is 46.1 Å². The first-order chi connectivity index (χ1) is 10.8. The van der Waals surface area contributed by atoms with E-state index in [-0.39, 0.29) is 23.3 Å². The van der Waals surface area contributed by atoms with Gasteiger partial charge in [-0.25, -0.2) is 0 Å². The average molecular weight is 318 g/mol. The third kappa shape index (κ3) is 5.67. The molecule has 1 aromatic rings. The molecule has 0 aromatic heterocycles. The Morgan fingerprint density at radius 3 is 2.65 bits per heavy atom. The fraction of sp³-hybridized carbons (Fsp3) is 0.556. The van der Waals surface area contributed by atoms with Gasteiger partial charge in [0, 0.05) is 19.6 Å². The summed E-state index contributed by atoms with van der Waals surface area (Å²) in [5.74, 6) is -0.274. The Balaban J connectivity index is 1.98. The van der Waals surface area contributed by atoms with Crippen molar-refractivity contribution in [2.75, 3.05) is 18.5 Å². The van der Waals surface area contributed by atoms with Crippen LogP contribution in [0.25, 0.3) is 0 Å². The second-order valence-corrected chi connectivity index (χ2v) is 7.18. The fourth-order valence-corrected chi connectivity index (χ4v) is 2.57. The number of hydrogen-bond acceptors (Lipinski definition) is 3. The topological polar surface area (TPSA) is 67.4 Å². The van der Waals surface area contributed by atoms with Crippen molar-refractivity contribution in [1.82, 2.24) is 5.32 Å².